The summed E-state index contributed by atoms with van der Waals surface area (Å²) in [5, 5.41) is 2.65. The quantitative estimate of drug-likeness (QED) is 0.695. The number of carbonyl (C=O) groups is 1. The maximum atomic E-state index is 11.4. The summed E-state index contributed by atoms with van der Waals surface area (Å²) < 4.78 is 0. The minimum atomic E-state index is -0.601. The molecule has 1 rings (SSSR count). The van der Waals surface area contributed by atoms with Crippen LogP contribution in [0, 0.1) is 0 Å². The van der Waals surface area contributed by atoms with Gasteiger partial charge in [0.15, 0.2) is 0 Å². The van der Waals surface area contributed by atoms with Crippen molar-refractivity contribution in [3.8, 4) is 0 Å². The molecule has 1 amide bonds. The van der Waals surface area contributed by atoms with Gasteiger partial charge in [0.2, 0.25) is 5.91 Å². The zero-order chi connectivity index (χ0) is 10.4. The van der Waals surface area contributed by atoms with Crippen LogP contribution in [0.5, 0.6) is 0 Å². The largest absolute Gasteiger partial charge is 0.351 e. The summed E-state index contributed by atoms with van der Waals surface area (Å²) in [5.74, 6) is -0.184. The fourth-order valence-corrected chi connectivity index (χ4v) is 1.09. The number of benzene rings is 1. The molecule has 14 heavy (non-hydrogen) atoms. The number of rotatable bonds is 4. The molecule has 0 aliphatic carbocycles. The van der Waals surface area contributed by atoms with Crippen LogP contribution in [-0.4, -0.2) is 12.5 Å². The van der Waals surface area contributed by atoms with Crippen molar-refractivity contribution < 1.29 is 4.79 Å². The van der Waals surface area contributed by atoms with E-state index in [-0.39, 0.29) is 5.91 Å². The lowest BCUT2D eigenvalue weighted by atomic mass is 10.1. The van der Waals surface area contributed by atoms with E-state index in [2.05, 4.69) is 11.9 Å². The molecule has 0 aromatic heterocycles. The van der Waals surface area contributed by atoms with Gasteiger partial charge in [-0.05, 0) is 5.56 Å². The van der Waals surface area contributed by atoms with Gasteiger partial charge in [-0.2, -0.15) is 0 Å². The Hall–Kier alpha value is -1.61. The number of amides is 1. The minimum absolute atomic E-state index is 0.184. The van der Waals surface area contributed by atoms with Crippen LogP contribution < -0.4 is 11.1 Å². The van der Waals surface area contributed by atoms with E-state index in [9.17, 15) is 4.79 Å². The molecule has 0 heterocycles. The summed E-state index contributed by atoms with van der Waals surface area (Å²) in [7, 11) is 0. The van der Waals surface area contributed by atoms with Crippen molar-refractivity contribution in [2.75, 3.05) is 6.54 Å². The van der Waals surface area contributed by atoms with Crippen LogP contribution in [-0.2, 0) is 4.79 Å². The van der Waals surface area contributed by atoms with Gasteiger partial charge in [-0.3, -0.25) is 4.79 Å². The van der Waals surface area contributed by atoms with Gasteiger partial charge >= 0.3 is 0 Å². The first-order valence-electron chi connectivity index (χ1n) is 4.45. The van der Waals surface area contributed by atoms with Crippen molar-refractivity contribution in [3.63, 3.8) is 0 Å². The summed E-state index contributed by atoms with van der Waals surface area (Å²) in [4.78, 5) is 11.4. The van der Waals surface area contributed by atoms with E-state index in [0.29, 0.717) is 6.54 Å². The van der Waals surface area contributed by atoms with Gasteiger partial charge in [0.25, 0.3) is 0 Å². The molecule has 74 valence electrons. The molecular formula is C11H14N2O. The SMILES string of the molecule is C=CCNC(=O)C(N)c1ccccc1. The van der Waals surface area contributed by atoms with Crippen LogP contribution in [0.3, 0.4) is 0 Å². The minimum Gasteiger partial charge on any atom is -0.351 e. The normalized spacial score (nSPS) is 11.8. The van der Waals surface area contributed by atoms with Gasteiger partial charge in [0.1, 0.15) is 6.04 Å². The molecule has 3 N–H and O–H groups in total. The summed E-state index contributed by atoms with van der Waals surface area (Å²) in [6.07, 6.45) is 1.62. The molecule has 0 saturated heterocycles. The molecule has 0 aliphatic heterocycles. The Labute approximate surface area is 83.6 Å². The Morgan fingerprint density at radius 3 is 2.71 bits per heavy atom. The van der Waals surface area contributed by atoms with Crippen molar-refractivity contribution >= 4 is 5.91 Å². The molecule has 0 fully saturated rings. The van der Waals surface area contributed by atoms with Crippen molar-refractivity contribution in [2.45, 2.75) is 6.04 Å². The van der Waals surface area contributed by atoms with Crippen LogP contribution in [0.2, 0.25) is 0 Å². The lowest BCUT2D eigenvalue weighted by Gasteiger charge is -2.10. The van der Waals surface area contributed by atoms with Gasteiger partial charge in [-0.15, -0.1) is 6.58 Å². The highest BCUT2D eigenvalue weighted by atomic mass is 16.2. The Bertz CT molecular complexity index is 308. The van der Waals surface area contributed by atoms with E-state index in [0.717, 1.165) is 5.56 Å². The van der Waals surface area contributed by atoms with E-state index in [1.54, 1.807) is 6.08 Å². The summed E-state index contributed by atoms with van der Waals surface area (Å²) >= 11 is 0. The first kappa shape index (κ1) is 10.5. The fraction of sp³-hybridized carbons (Fsp3) is 0.182. The van der Waals surface area contributed by atoms with Gasteiger partial charge in [0, 0.05) is 6.54 Å². The molecule has 1 atom stereocenters. The first-order valence-corrected chi connectivity index (χ1v) is 4.45. The summed E-state index contributed by atoms with van der Waals surface area (Å²) in [6, 6.07) is 8.66. The van der Waals surface area contributed by atoms with E-state index in [4.69, 9.17) is 5.73 Å². The average molecular weight is 190 g/mol. The highest BCUT2D eigenvalue weighted by Crippen LogP contribution is 2.08. The molecular weight excluding hydrogens is 176 g/mol. The van der Waals surface area contributed by atoms with Gasteiger partial charge in [0.05, 0.1) is 0 Å². The molecule has 0 spiro atoms. The molecule has 1 aromatic rings. The molecule has 0 radical (unpaired) electrons. The van der Waals surface area contributed by atoms with Gasteiger partial charge in [-0.1, -0.05) is 36.4 Å². The van der Waals surface area contributed by atoms with Crippen LogP contribution in [0.15, 0.2) is 43.0 Å². The lowest BCUT2D eigenvalue weighted by molar-refractivity contribution is -0.122. The molecule has 3 heteroatoms. The molecule has 0 aliphatic rings. The van der Waals surface area contributed by atoms with E-state index < -0.39 is 6.04 Å². The second-order valence-electron chi connectivity index (χ2n) is 2.92. The second-order valence-corrected chi connectivity index (χ2v) is 2.92. The van der Waals surface area contributed by atoms with E-state index >= 15 is 0 Å². The molecule has 0 saturated carbocycles. The van der Waals surface area contributed by atoms with Crippen molar-refractivity contribution in [1.82, 2.24) is 5.32 Å². The van der Waals surface area contributed by atoms with Crippen LogP contribution in [0.1, 0.15) is 11.6 Å². The van der Waals surface area contributed by atoms with Gasteiger partial charge in [-0.25, -0.2) is 0 Å². The topological polar surface area (TPSA) is 55.1 Å². The average Bonchev–Trinajstić information content (AvgIpc) is 2.26. The highest BCUT2D eigenvalue weighted by molar-refractivity contribution is 5.82. The van der Waals surface area contributed by atoms with Gasteiger partial charge < -0.3 is 11.1 Å². The Morgan fingerprint density at radius 2 is 2.14 bits per heavy atom. The molecule has 0 bridgehead atoms. The van der Waals surface area contributed by atoms with E-state index in [1.165, 1.54) is 0 Å². The maximum absolute atomic E-state index is 11.4. The van der Waals surface area contributed by atoms with Crippen molar-refractivity contribution in [2.24, 2.45) is 5.73 Å². The third-order valence-electron chi connectivity index (χ3n) is 1.86. The lowest BCUT2D eigenvalue weighted by Crippen LogP contribution is -2.34. The van der Waals surface area contributed by atoms with Crippen molar-refractivity contribution in [3.05, 3.63) is 48.6 Å². The third kappa shape index (κ3) is 2.71. The molecule has 1 aromatic carbocycles. The molecule has 1 unspecified atom stereocenters. The highest BCUT2D eigenvalue weighted by Gasteiger charge is 2.13. The number of nitrogens with one attached hydrogen (secondary N) is 1. The van der Waals surface area contributed by atoms with Crippen LogP contribution in [0.4, 0.5) is 0 Å². The zero-order valence-corrected chi connectivity index (χ0v) is 7.94. The summed E-state index contributed by atoms with van der Waals surface area (Å²) in [6.45, 7) is 3.95. The maximum Gasteiger partial charge on any atom is 0.241 e. The van der Waals surface area contributed by atoms with Crippen LogP contribution >= 0.6 is 0 Å². The monoisotopic (exact) mass is 190 g/mol. The predicted molar refractivity (Wildman–Crippen MR) is 56.6 cm³/mol. The Balaban J connectivity index is 2.61. The Morgan fingerprint density at radius 1 is 1.50 bits per heavy atom. The first-order chi connectivity index (χ1) is 6.75. The third-order valence-corrected chi connectivity index (χ3v) is 1.86. The fourth-order valence-electron chi connectivity index (χ4n) is 1.09. The van der Waals surface area contributed by atoms with Crippen molar-refractivity contribution in [1.29, 1.82) is 0 Å². The van der Waals surface area contributed by atoms with Crippen LogP contribution in [0.25, 0.3) is 0 Å². The standard InChI is InChI=1S/C11H14N2O/c1-2-8-13-11(14)10(12)9-6-4-3-5-7-9/h2-7,10H,1,8,12H2,(H,13,14). The molecule has 3 nitrogen and oxygen atoms in total. The number of carbonyl (C=O) groups excluding carboxylic acids is 1. The number of nitrogens with two attached hydrogens (primary N) is 1. The number of hydrogen-bond donors (Lipinski definition) is 2. The summed E-state index contributed by atoms with van der Waals surface area (Å²) in [5.41, 5.74) is 6.55. The smallest absolute Gasteiger partial charge is 0.241 e. The Kier molecular flexibility index (Phi) is 3.88. The zero-order valence-electron chi connectivity index (χ0n) is 7.94. The second kappa shape index (κ2) is 5.19. The predicted octanol–water partition coefficient (Wildman–Crippen LogP) is 0.989. The van der Waals surface area contributed by atoms with E-state index in [1.807, 2.05) is 30.3 Å². The number of hydrogen-bond acceptors (Lipinski definition) is 2.